The summed E-state index contributed by atoms with van der Waals surface area (Å²) in [6, 6.07) is 22.6. The van der Waals surface area contributed by atoms with Crippen molar-refractivity contribution in [1.29, 1.82) is 0 Å². The molecule has 0 radical (unpaired) electrons. The van der Waals surface area contributed by atoms with Crippen LogP contribution in [-0.4, -0.2) is 49.6 Å². The van der Waals surface area contributed by atoms with Gasteiger partial charge in [0.2, 0.25) is 0 Å². The van der Waals surface area contributed by atoms with Crippen LogP contribution in [0.25, 0.3) is 0 Å². The molecule has 1 N–H and O–H groups in total. The fourth-order valence-corrected chi connectivity index (χ4v) is 4.31. The van der Waals surface area contributed by atoms with Crippen LogP contribution in [0.4, 0.5) is 11.4 Å². The Hall–Kier alpha value is -3.06. The van der Waals surface area contributed by atoms with Crippen molar-refractivity contribution in [3.8, 4) is 0 Å². The average molecular weight is 498 g/mol. The van der Waals surface area contributed by atoms with E-state index >= 15 is 0 Å². The van der Waals surface area contributed by atoms with E-state index in [-0.39, 0.29) is 10.6 Å². The monoisotopic (exact) mass is 497 g/mol. The molecular weight excluding hydrogens is 473 g/mol. The number of esters is 1. The van der Waals surface area contributed by atoms with Gasteiger partial charge in [0.15, 0.2) is 6.61 Å². The molecule has 8 heteroatoms. The van der Waals surface area contributed by atoms with Crippen LogP contribution in [0.2, 0.25) is 10.0 Å². The van der Waals surface area contributed by atoms with Crippen molar-refractivity contribution in [2.24, 2.45) is 0 Å². The second-order valence-electron chi connectivity index (χ2n) is 8.04. The molecule has 1 amide bonds. The number of hydrogen-bond donors (Lipinski definition) is 1. The van der Waals surface area contributed by atoms with Crippen molar-refractivity contribution in [3.05, 3.63) is 94.0 Å². The number of carbonyl (C=O) groups is 2. The van der Waals surface area contributed by atoms with E-state index in [1.54, 1.807) is 0 Å². The highest BCUT2D eigenvalue weighted by molar-refractivity contribution is 6.36. The van der Waals surface area contributed by atoms with E-state index < -0.39 is 18.5 Å². The van der Waals surface area contributed by atoms with Crippen LogP contribution in [0, 0.1) is 0 Å². The Labute approximate surface area is 209 Å². The number of benzene rings is 3. The molecule has 34 heavy (non-hydrogen) atoms. The zero-order valence-corrected chi connectivity index (χ0v) is 20.1. The van der Waals surface area contributed by atoms with Gasteiger partial charge in [-0.25, -0.2) is 4.79 Å². The first-order valence-electron chi connectivity index (χ1n) is 11.0. The minimum atomic E-state index is -0.682. The smallest absolute Gasteiger partial charge is 0.340 e. The summed E-state index contributed by atoms with van der Waals surface area (Å²) < 4.78 is 5.06. The van der Waals surface area contributed by atoms with E-state index in [1.807, 2.05) is 30.3 Å². The Kier molecular flexibility index (Phi) is 8.06. The molecule has 0 bridgehead atoms. The topological polar surface area (TPSA) is 61.9 Å². The number of ether oxygens (including phenoxy) is 1. The van der Waals surface area contributed by atoms with Gasteiger partial charge in [-0.3, -0.25) is 9.69 Å². The fourth-order valence-electron chi connectivity index (χ4n) is 3.82. The first kappa shape index (κ1) is 24.1. The molecule has 0 saturated carbocycles. The van der Waals surface area contributed by atoms with Gasteiger partial charge in [-0.1, -0.05) is 53.5 Å². The highest BCUT2D eigenvalue weighted by atomic mass is 35.5. The largest absolute Gasteiger partial charge is 0.452 e. The molecule has 1 saturated heterocycles. The maximum Gasteiger partial charge on any atom is 0.340 e. The van der Waals surface area contributed by atoms with Crippen molar-refractivity contribution >= 4 is 46.5 Å². The first-order chi connectivity index (χ1) is 16.5. The van der Waals surface area contributed by atoms with Gasteiger partial charge in [0.1, 0.15) is 0 Å². The lowest BCUT2D eigenvalue weighted by Crippen LogP contribution is -2.45. The summed E-state index contributed by atoms with van der Waals surface area (Å²) in [5, 5.41) is 3.33. The second kappa shape index (κ2) is 11.4. The summed E-state index contributed by atoms with van der Waals surface area (Å²) in [6.07, 6.45) is 0. The average Bonchev–Trinajstić information content (AvgIpc) is 2.84. The highest BCUT2D eigenvalue weighted by Crippen LogP contribution is 2.22. The molecule has 0 unspecified atom stereocenters. The summed E-state index contributed by atoms with van der Waals surface area (Å²) in [7, 11) is 0. The molecule has 1 heterocycles. The molecular formula is C26H25Cl2N3O3. The van der Waals surface area contributed by atoms with Crippen molar-refractivity contribution in [3.63, 3.8) is 0 Å². The zero-order valence-electron chi connectivity index (χ0n) is 18.5. The van der Waals surface area contributed by atoms with Crippen LogP contribution >= 0.6 is 23.2 Å². The molecule has 176 valence electrons. The predicted molar refractivity (Wildman–Crippen MR) is 136 cm³/mol. The van der Waals surface area contributed by atoms with Gasteiger partial charge in [0.05, 0.1) is 10.6 Å². The SMILES string of the molecule is O=C(COC(=O)c1ccc(Cl)cc1Cl)Nc1ccc(N2CCN(Cc3ccccc3)CC2)cc1. The van der Waals surface area contributed by atoms with Gasteiger partial charge in [0.25, 0.3) is 5.91 Å². The van der Waals surface area contributed by atoms with Crippen LogP contribution in [0.15, 0.2) is 72.8 Å². The highest BCUT2D eigenvalue weighted by Gasteiger charge is 2.18. The van der Waals surface area contributed by atoms with Gasteiger partial charge in [-0.05, 0) is 48.0 Å². The summed E-state index contributed by atoms with van der Waals surface area (Å²) >= 11 is 11.8. The molecule has 6 nitrogen and oxygen atoms in total. The molecule has 0 spiro atoms. The van der Waals surface area contributed by atoms with Gasteiger partial charge >= 0.3 is 5.97 Å². The van der Waals surface area contributed by atoms with Crippen molar-refractivity contribution in [1.82, 2.24) is 4.90 Å². The maximum absolute atomic E-state index is 12.2. The minimum Gasteiger partial charge on any atom is -0.452 e. The Bertz CT molecular complexity index is 1130. The lowest BCUT2D eigenvalue weighted by Gasteiger charge is -2.36. The van der Waals surface area contributed by atoms with E-state index in [1.165, 1.54) is 23.8 Å². The molecule has 1 aliphatic rings. The third-order valence-electron chi connectivity index (χ3n) is 5.62. The van der Waals surface area contributed by atoms with Crippen LogP contribution in [0.5, 0.6) is 0 Å². The lowest BCUT2D eigenvalue weighted by atomic mass is 10.2. The summed E-state index contributed by atoms with van der Waals surface area (Å²) in [6.45, 7) is 4.44. The summed E-state index contributed by atoms with van der Waals surface area (Å²) in [5.41, 5.74) is 3.24. The first-order valence-corrected chi connectivity index (χ1v) is 11.8. The molecule has 0 atom stereocenters. The maximum atomic E-state index is 12.2. The van der Waals surface area contributed by atoms with E-state index in [0.717, 1.165) is 38.4 Å². The third kappa shape index (κ3) is 6.50. The van der Waals surface area contributed by atoms with Crippen LogP contribution in [0.1, 0.15) is 15.9 Å². The standard InChI is InChI=1S/C26H25Cl2N3O3/c27-20-6-11-23(24(28)16-20)26(33)34-18-25(32)29-21-7-9-22(10-8-21)31-14-12-30(13-15-31)17-19-4-2-1-3-5-19/h1-11,16H,12-15,17-18H2,(H,29,32). The Morgan fingerprint density at radius 3 is 2.26 bits per heavy atom. The van der Waals surface area contributed by atoms with Gasteiger partial charge in [-0.2, -0.15) is 0 Å². The normalized spacial score (nSPS) is 14.0. The molecule has 3 aromatic carbocycles. The molecule has 0 aliphatic carbocycles. The Morgan fingerprint density at radius 2 is 1.59 bits per heavy atom. The third-order valence-corrected chi connectivity index (χ3v) is 6.17. The molecule has 1 fully saturated rings. The van der Waals surface area contributed by atoms with E-state index in [0.29, 0.717) is 10.7 Å². The van der Waals surface area contributed by atoms with Gasteiger partial charge in [-0.15, -0.1) is 0 Å². The number of hydrogen-bond acceptors (Lipinski definition) is 5. The van der Waals surface area contributed by atoms with Crippen LogP contribution < -0.4 is 10.2 Å². The number of carbonyl (C=O) groups excluding carboxylic acids is 2. The predicted octanol–water partition coefficient (Wildman–Crippen LogP) is 5.11. The number of rotatable bonds is 7. The van der Waals surface area contributed by atoms with Crippen molar-refractivity contribution in [2.75, 3.05) is 43.0 Å². The summed E-state index contributed by atoms with van der Waals surface area (Å²) in [5.74, 6) is -1.11. The number of amides is 1. The zero-order chi connectivity index (χ0) is 23.9. The molecule has 3 aromatic rings. The minimum absolute atomic E-state index is 0.159. The number of piperazine rings is 1. The van der Waals surface area contributed by atoms with E-state index in [4.69, 9.17) is 27.9 Å². The molecule has 0 aromatic heterocycles. The molecule has 4 rings (SSSR count). The van der Waals surface area contributed by atoms with Crippen LogP contribution in [0.3, 0.4) is 0 Å². The number of nitrogens with one attached hydrogen (secondary N) is 1. The Morgan fingerprint density at radius 1 is 0.882 bits per heavy atom. The van der Waals surface area contributed by atoms with Crippen molar-refractivity contribution in [2.45, 2.75) is 6.54 Å². The number of nitrogens with zero attached hydrogens (tertiary/aromatic N) is 2. The van der Waals surface area contributed by atoms with Crippen LogP contribution in [-0.2, 0) is 16.1 Å². The number of anilines is 2. The lowest BCUT2D eigenvalue weighted by molar-refractivity contribution is -0.119. The fraction of sp³-hybridized carbons (Fsp3) is 0.231. The van der Waals surface area contributed by atoms with Gasteiger partial charge in [0, 0.05) is 49.1 Å². The van der Waals surface area contributed by atoms with E-state index in [9.17, 15) is 9.59 Å². The summed E-state index contributed by atoms with van der Waals surface area (Å²) in [4.78, 5) is 29.1. The van der Waals surface area contributed by atoms with Crippen molar-refractivity contribution < 1.29 is 14.3 Å². The second-order valence-corrected chi connectivity index (χ2v) is 8.89. The molecule has 1 aliphatic heterocycles. The van der Waals surface area contributed by atoms with Gasteiger partial charge < -0.3 is 15.0 Å². The Balaban J connectivity index is 1.23. The number of halogens is 2. The quantitative estimate of drug-likeness (QED) is 0.459. The van der Waals surface area contributed by atoms with E-state index in [2.05, 4.69) is 39.4 Å².